The van der Waals surface area contributed by atoms with Gasteiger partial charge in [-0.1, -0.05) is 6.07 Å². The summed E-state index contributed by atoms with van der Waals surface area (Å²) in [6, 6.07) is 3.45. The Kier molecular flexibility index (Phi) is 4.11. The first-order valence-electron chi connectivity index (χ1n) is 6.07. The minimum Gasteiger partial charge on any atom is -0.295 e. The van der Waals surface area contributed by atoms with E-state index in [9.17, 15) is 13.2 Å². The first-order chi connectivity index (χ1) is 9.04. The summed E-state index contributed by atoms with van der Waals surface area (Å²) in [4.78, 5) is 15.5. The van der Waals surface area contributed by atoms with Crippen molar-refractivity contribution in [2.24, 2.45) is 0 Å². The van der Waals surface area contributed by atoms with Crippen LogP contribution in [0.5, 0.6) is 0 Å². The molecule has 1 heterocycles. The minimum atomic E-state index is -3.70. The smallest absolute Gasteiger partial charge is 0.274 e. The van der Waals surface area contributed by atoms with E-state index in [1.165, 1.54) is 6.08 Å². The average molecular weight is 281 g/mol. The first kappa shape index (κ1) is 13.9. The van der Waals surface area contributed by atoms with Crippen molar-refractivity contribution in [2.75, 3.05) is 6.61 Å². The lowest BCUT2D eigenvalue weighted by Crippen LogP contribution is -2.29. The van der Waals surface area contributed by atoms with Crippen LogP contribution in [-0.2, 0) is 19.1 Å². The van der Waals surface area contributed by atoms with Gasteiger partial charge in [0.25, 0.3) is 10.1 Å². The van der Waals surface area contributed by atoms with Gasteiger partial charge in [-0.15, -0.1) is 0 Å². The fourth-order valence-electron chi connectivity index (χ4n) is 2.12. The highest BCUT2D eigenvalue weighted by atomic mass is 32.2. The fourth-order valence-corrected chi connectivity index (χ4v) is 3.53. The van der Waals surface area contributed by atoms with Crippen LogP contribution in [0.2, 0.25) is 0 Å². The molecule has 0 amide bonds. The largest absolute Gasteiger partial charge is 0.295 e. The Morgan fingerprint density at radius 1 is 1.47 bits per heavy atom. The van der Waals surface area contributed by atoms with E-state index in [1.807, 2.05) is 0 Å². The van der Waals surface area contributed by atoms with Gasteiger partial charge in [0, 0.05) is 18.8 Å². The zero-order valence-electron chi connectivity index (χ0n) is 10.6. The maximum atomic E-state index is 12.1. The Bertz CT molecular complexity index is 592. The molecule has 0 aliphatic heterocycles. The quantitative estimate of drug-likeness (QED) is 0.783. The molecule has 1 aromatic heterocycles. The molecule has 2 rings (SSSR count). The van der Waals surface area contributed by atoms with Crippen LogP contribution in [0.4, 0.5) is 0 Å². The van der Waals surface area contributed by atoms with Crippen LogP contribution in [0, 0.1) is 0 Å². The highest BCUT2D eigenvalue weighted by Crippen LogP contribution is 2.31. The maximum Gasteiger partial charge on any atom is 0.274 e. The summed E-state index contributed by atoms with van der Waals surface area (Å²) >= 11 is 0. The van der Waals surface area contributed by atoms with E-state index < -0.39 is 15.4 Å². The number of carbonyl (C=O) groups excluding carboxylic acids is 1. The number of hydrogen-bond acceptors (Lipinski definition) is 5. The molecule has 1 atom stereocenters. The number of aromatic nitrogens is 1. The van der Waals surface area contributed by atoms with Crippen LogP contribution in [-0.4, -0.2) is 31.0 Å². The summed E-state index contributed by atoms with van der Waals surface area (Å²) in [6.07, 6.45) is 5.02. The first-order valence-corrected chi connectivity index (χ1v) is 7.55. The molecule has 0 saturated carbocycles. The highest BCUT2D eigenvalue weighted by Gasteiger charge is 2.34. The predicted molar refractivity (Wildman–Crippen MR) is 70.8 cm³/mol. The number of allylic oxidation sites excluding steroid dienone is 1. The van der Waals surface area contributed by atoms with Crippen molar-refractivity contribution in [3.8, 4) is 0 Å². The summed E-state index contributed by atoms with van der Waals surface area (Å²) in [5, 5.41) is -0.797. The molecule has 6 heteroatoms. The third-order valence-corrected chi connectivity index (χ3v) is 4.69. The summed E-state index contributed by atoms with van der Waals surface area (Å²) in [5.41, 5.74) is 1.11. The van der Waals surface area contributed by atoms with E-state index in [-0.39, 0.29) is 25.2 Å². The van der Waals surface area contributed by atoms with Crippen LogP contribution in [0.15, 0.2) is 30.6 Å². The Balaban J connectivity index is 2.44. The Morgan fingerprint density at radius 3 is 2.89 bits per heavy atom. The lowest BCUT2D eigenvalue weighted by Gasteiger charge is -2.23. The number of ketones is 1. The van der Waals surface area contributed by atoms with Gasteiger partial charge in [0.2, 0.25) is 0 Å². The molecule has 1 aromatic rings. The van der Waals surface area contributed by atoms with Crippen molar-refractivity contribution in [1.82, 2.24) is 4.98 Å². The van der Waals surface area contributed by atoms with Gasteiger partial charge in [-0.05, 0) is 36.6 Å². The van der Waals surface area contributed by atoms with Gasteiger partial charge in [-0.25, -0.2) is 0 Å². The van der Waals surface area contributed by atoms with Gasteiger partial charge >= 0.3 is 0 Å². The van der Waals surface area contributed by atoms with Crippen molar-refractivity contribution >= 4 is 21.5 Å². The number of rotatable bonds is 4. The van der Waals surface area contributed by atoms with E-state index >= 15 is 0 Å². The van der Waals surface area contributed by atoms with Crippen LogP contribution < -0.4 is 0 Å². The molecule has 1 aliphatic carbocycles. The van der Waals surface area contributed by atoms with Gasteiger partial charge in [-0.2, -0.15) is 8.42 Å². The maximum absolute atomic E-state index is 12.1. The van der Waals surface area contributed by atoms with E-state index in [0.717, 1.165) is 0 Å². The summed E-state index contributed by atoms with van der Waals surface area (Å²) in [6.45, 7) is 1.71. The van der Waals surface area contributed by atoms with Crippen molar-refractivity contribution in [1.29, 1.82) is 0 Å². The van der Waals surface area contributed by atoms with Crippen LogP contribution in [0.1, 0.15) is 25.3 Å². The van der Waals surface area contributed by atoms with Crippen molar-refractivity contribution in [2.45, 2.75) is 25.0 Å². The molecule has 0 saturated heterocycles. The number of carbonyl (C=O) groups is 1. The third kappa shape index (κ3) is 3.08. The van der Waals surface area contributed by atoms with Crippen molar-refractivity contribution in [3.05, 3.63) is 36.2 Å². The zero-order valence-corrected chi connectivity index (χ0v) is 11.4. The molecular formula is C13H15NO4S. The number of nitrogens with zero attached hydrogens (tertiary/aromatic N) is 1. The Morgan fingerprint density at radius 2 is 2.26 bits per heavy atom. The summed E-state index contributed by atoms with van der Waals surface area (Å²) < 4.78 is 29.0. The topological polar surface area (TPSA) is 73.3 Å². The lowest BCUT2D eigenvalue weighted by molar-refractivity contribution is -0.114. The standard InChI is InChI=1S/C13H15NO4S/c1-2-18-19(16,17)13-6-5-11(15)8-12(13)10-4-3-7-14-9-10/h3-4,7-9,13H,2,5-6H2,1H3. The molecule has 5 nitrogen and oxygen atoms in total. The molecule has 19 heavy (non-hydrogen) atoms. The number of pyridine rings is 1. The SMILES string of the molecule is CCOS(=O)(=O)C1CCC(=O)C=C1c1cccnc1. The van der Waals surface area contributed by atoms with Gasteiger partial charge in [0.1, 0.15) is 5.25 Å². The van der Waals surface area contributed by atoms with Gasteiger partial charge in [0.05, 0.1) is 6.61 Å². The highest BCUT2D eigenvalue weighted by molar-refractivity contribution is 7.87. The van der Waals surface area contributed by atoms with Crippen molar-refractivity contribution < 1.29 is 17.4 Å². The molecule has 102 valence electrons. The molecule has 1 unspecified atom stereocenters. The predicted octanol–water partition coefficient (Wildman–Crippen LogP) is 1.56. The molecule has 0 radical (unpaired) electrons. The van der Waals surface area contributed by atoms with E-state index in [4.69, 9.17) is 4.18 Å². The van der Waals surface area contributed by atoms with Crippen LogP contribution in [0.25, 0.3) is 5.57 Å². The second-order valence-corrected chi connectivity index (χ2v) is 6.02. The normalized spacial score (nSPS) is 20.2. The molecule has 0 bridgehead atoms. The second kappa shape index (κ2) is 5.63. The van der Waals surface area contributed by atoms with Crippen LogP contribution >= 0.6 is 0 Å². The van der Waals surface area contributed by atoms with E-state index in [2.05, 4.69) is 4.98 Å². The Hall–Kier alpha value is -1.53. The monoisotopic (exact) mass is 281 g/mol. The average Bonchev–Trinajstić information content (AvgIpc) is 2.39. The third-order valence-electron chi connectivity index (χ3n) is 2.94. The van der Waals surface area contributed by atoms with E-state index in [0.29, 0.717) is 11.1 Å². The molecule has 0 fully saturated rings. The number of hydrogen-bond donors (Lipinski definition) is 0. The fraction of sp³-hybridized carbons (Fsp3) is 0.385. The summed E-state index contributed by atoms with van der Waals surface area (Å²) in [5.74, 6) is -0.0678. The van der Waals surface area contributed by atoms with Crippen LogP contribution in [0.3, 0.4) is 0 Å². The summed E-state index contributed by atoms with van der Waals surface area (Å²) in [7, 11) is -3.70. The van der Waals surface area contributed by atoms with Gasteiger partial charge in [0.15, 0.2) is 5.78 Å². The molecular weight excluding hydrogens is 266 g/mol. The van der Waals surface area contributed by atoms with Gasteiger partial charge < -0.3 is 0 Å². The molecule has 0 aromatic carbocycles. The Labute approximate surface area is 112 Å². The minimum absolute atomic E-state index is 0.0678. The molecule has 0 N–H and O–H groups in total. The van der Waals surface area contributed by atoms with Crippen molar-refractivity contribution in [3.63, 3.8) is 0 Å². The van der Waals surface area contributed by atoms with Gasteiger partial charge in [-0.3, -0.25) is 14.0 Å². The molecule has 1 aliphatic rings. The zero-order chi connectivity index (χ0) is 13.9. The molecule has 0 spiro atoms. The second-order valence-electron chi connectivity index (χ2n) is 4.23. The van der Waals surface area contributed by atoms with E-state index in [1.54, 1.807) is 31.5 Å². The lowest BCUT2D eigenvalue weighted by atomic mass is 9.93.